The molecule has 2 N–H and O–H groups in total. The molecule has 0 bridgehead atoms. The van der Waals surface area contributed by atoms with E-state index < -0.39 is 0 Å². The predicted molar refractivity (Wildman–Crippen MR) is 60.0 cm³/mol. The maximum Gasteiger partial charge on any atom is 0.251 e. The van der Waals surface area contributed by atoms with Gasteiger partial charge in [-0.3, -0.25) is 9.59 Å². The molecule has 92 valence electrons. The van der Waals surface area contributed by atoms with E-state index >= 15 is 0 Å². The summed E-state index contributed by atoms with van der Waals surface area (Å²) in [5.74, 6) is -0.287. The Balaban J connectivity index is 1.86. The zero-order chi connectivity index (χ0) is 12.1. The number of rotatable bonds is 3. The van der Waals surface area contributed by atoms with E-state index in [0.29, 0.717) is 31.9 Å². The van der Waals surface area contributed by atoms with Crippen molar-refractivity contribution in [3.8, 4) is 0 Å². The van der Waals surface area contributed by atoms with E-state index in [1.165, 1.54) is 12.3 Å². The van der Waals surface area contributed by atoms with Crippen LogP contribution in [0.3, 0.4) is 0 Å². The number of carbonyl (C=O) groups is 1. The third-order valence-corrected chi connectivity index (χ3v) is 2.41. The van der Waals surface area contributed by atoms with Crippen LogP contribution in [-0.2, 0) is 9.47 Å². The summed E-state index contributed by atoms with van der Waals surface area (Å²) in [7, 11) is 0. The maximum absolute atomic E-state index is 11.7. The van der Waals surface area contributed by atoms with Crippen LogP contribution in [0.25, 0.3) is 0 Å². The summed E-state index contributed by atoms with van der Waals surface area (Å²) in [5, 5.41) is 2.70. The first-order chi connectivity index (χ1) is 8.25. The van der Waals surface area contributed by atoms with Crippen LogP contribution in [0.5, 0.6) is 0 Å². The van der Waals surface area contributed by atoms with Gasteiger partial charge in [-0.1, -0.05) is 0 Å². The smallest absolute Gasteiger partial charge is 0.251 e. The second-order valence-electron chi connectivity index (χ2n) is 3.72. The van der Waals surface area contributed by atoms with Crippen molar-refractivity contribution in [1.82, 2.24) is 10.3 Å². The van der Waals surface area contributed by atoms with Crippen LogP contribution in [0, 0.1) is 0 Å². The van der Waals surface area contributed by atoms with Gasteiger partial charge >= 0.3 is 0 Å². The molecule has 1 aliphatic heterocycles. The van der Waals surface area contributed by atoms with E-state index in [1.54, 1.807) is 6.07 Å². The van der Waals surface area contributed by atoms with Crippen LogP contribution >= 0.6 is 0 Å². The van der Waals surface area contributed by atoms with Crippen LogP contribution in [0.1, 0.15) is 10.4 Å². The van der Waals surface area contributed by atoms with Gasteiger partial charge in [0.2, 0.25) is 5.56 Å². The lowest BCUT2D eigenvalue weighted by Gasteiger charge is -2.23. The molecule has 17 heavy (non-hydrogen) atoms. The van der Waals surface area contributed by atoms with Crippen molar-refractivity contribution in [3.05, 3.63) is 34.2 Å². The van der Waals surface area contributed by atoms with Crippen molar-refractivity contribution in [3.63, 3.8) is 0 Å². The number of carbonyl (C=O) groups excluding carboxylic acids is 1. The Labute approximate surface area is 97.9 Å². The Bertz CT molecular complexity index is 437. The van der Waals surface area contributed by atoms with Crippen molar-refractivity contribution in [1.29, 1.82) is 0 Å². The summed E-state index contributed by atoms with van der Waals surface area (Å²) in [4.78, 5) is 25.2. The molecule has 0 aliphatic carbocycles. The normalized spacial score (nSPS) is 19.9. The van der Waals surface area contributed by atoms with Crippen LogP contribution in [0.4, 0.5) is 0 Å². The highest BCUT2D eigenvalue weighted by atomic mass is 16.6. The number of hydrogen-bond acceptors (Lipinski definition) is 4. The predicted octanol–water partition coefficient (Wildman–Crippen LogP) is -0.480. The monoisotopic (exact) mass is 238 g/mol. The molecule has 1 aromatic rings. The number of amides is 1. The third-order valence-electron chi connectivity index (χ3n) is 2.41. The number of H-pyrrole nitrogens is 1. The molecule has 1 fully saturated rings. The van der Waals surface area contributed by atoms with Gasteiger partial charge in [0.1, 0.15) is 0 Å². The Kier molecular flexibility index (Phi) is 3.89. The zero-order valence-corrected chi connectivity index (χ0v) is 9.27. The quantitative estimate of drug-likeness (QED) is 0.745. The minimum absolute atomic E-state index is 0.116. The van der Waals surface area contributed by atoms with E-state index in [-0.39, 0.29) is 17.6 Å². The first-order valence-corrected chi connectivity index (χ1v) is 5.42. The average molecular weight is 238 g/mol. The Morgan fingerprint density at radius 3 is 3.12 bits per heavy atom. The van der Waals surface area contributed by atoms with Gasteiger partial charge in [0, 0.05) is 24.4 Å². The van der Waals surface area contributed by atoms with Crippen LogP contribution in [-0.4, -0.2) is 43.4 Å². The topological polar surface area (TPSA) is 80.4 Å². The Hall–Kier alpha value is -1.66. The molecule has 1 aliphatic rings. The number of nitrogens with one attached hydrogen (secondary N) is 2. The largest absolute Gasteiger partial charge is 0.376 e. The van der Waals surface area contributed by atoms with E-state index in [2.05, 4.69) is 10.3 Å². The molecular formula is C11H14N2O4. The molecule has 6 heteroatoms. The minimum atomic E-state index is -0.296. The maximum atomic E-state index is 11.7. The van der Waals surface area contributed by atoms with Gasteiger partial charge in [-0.2, -0.15) is 0 Å². The standard InChI is InChI=1S/C11H14N2O4/c14-10-5-8(1-2-12-10)11(15)13-6-9-7-16-3-4-17-9/h1-2,5,9H,3-4,6-7H2,(H,12,14)(H,13,15). The van der Waals surface area contributed by atoms with Crippen LogP contribution < -0.4 is 10.9 Å². The van der Waals surface area contributed by atoms with Crippen LogP contribution in [0.2, 0.25) is 0 Å². The molecule has 2 rings (SSSR count). The summed E-state index contributed by atoms with van der Waals surface area (Å²) in [6.45, 7) is 2.01. The SMILES string of the molecule is O=C(NCC1COCCO1)c1cc[nH]c(=O)c1. The molecule has 1 saturated heterocycles. The lowest BCUT2D eigenvalue weighted by molar-refractivity contribution is -0.0855. The van der Waals surface area contributed by atoms with Crippen molar-refractivity contribution in [2.75, 3.05) is 26.4 Å². The highest BCUT2D eigenvalue weighted by Gasteiger charge is 2.15. The van der Waals surface area contributed by atoms with Crippen molar-refractivity contribution < 1.29 is 14.3 Å². The Morgan fingerprint density at radius 1 is 1.53 bits per heavy atom. The number of ether oxygens (including phenoxy) is 2. The lowest BCUT2D eigenvalue weighted by atomic mass is 10.2. The molecule has 1 aromatic heterocycles. The van der Waals surface area contributed by atoms with Crippen molar-refractivity contribution in [2.45, 2.75) is 6.10 Å². The highest BCUT2D eigenvalue weighted by Crippen LogP contribution is 2.00. The van der Waals surface area contributed by atoms with E-state index in [4.69, 9.17) is 9.47 Å². The molecule has 0 aromatic carbocycles. The number of aromatic amines is 1. The van der Waals surface area contributed by atoms with Gasteiger partial charge in [0.05, 0.1) is 25.9 Å². The van der Waals surface area contributed by atoms with Gasteiger partial charge in [0.25, 0.3) is 5.91 Å². The van der Waals surface area contributed by atoms with Gasteiger partial charge < -0.3 is 19.8 Å². The fraction of sp³-hybridized carbons (Fsp3) is 0.455. The molecular weight excluding hydrogens is 224 g/mol. The molecule has 1 amide bonds. The van der Waals surface area contributed by atoms with E-state index in [1.807, 2.05) is 0 Å². The summed E-state index contributed by atoms with van der Waals surface area (Å²) in [6, 6.07) is 2.81. The summed E-state index contributed by atoms with van der Waals surface area (Å²) in [5.41, 5.74) is 0.0420. The second-order valence-corrected chi connectivity index (χ2v) is 3.72. The van der Waals surface area contributed by atoms with Gasteiger partial charge in [0.15, 0.2) is 0 Å². The number of pyridine rings is 1. The highest BCUT2D eigenvalue weighted by molar-refractivity contribution is 5.93. The zero-order valence-electron chi connectivity index (χ0n) is 9.27. The fourth-order valence-corrected chi connectivity index (χ4v) is 1.55. The Morgan fingerprint density at radius 2 is 2.41 bits per heavy atom. The average Bonchev–Trinajstić information content (AvgIpc) is 2.37. The molecule has 0 radical (unpaired) electrons. The molecule has 6 nitrogen and oxygen atoms in total. The second kappa shape index (κ2) is 5.60. The van der Waals surface area contributed by atoms with Crippen molar-refractivity contribution >= 4 is 5.91 Å². The molecule has 0 spiro atoms. The van der Waals surface area contributed by atoms with E-state index in [9.17, 15) is 9.59 Å². The van der Waals surface area contributed by atoms with Crippen molar-refractivity contribution in [2.24, 2.45) is 0 Å². The third kappa shape index (κ3) is 3.40. The molecule has 1 atom stereocenters. The van der Waals surface area contributed by atoms with Crippen LogP contribution in [0.15, 0.2) is 23.1 Å². The molecule has 2 heterocycles. The fourth-order valence-electron chi connectivity index (χ4n) is 1.55. The first kappa shape index (κ1) is 11.8. The van der Waals surface area contributed by atoms with Gasteiger partial charge in [-0.05, 0) is 6.07 Å². The van der Waals surface area contributed by atoms with Gasteiger partial charge in [-0.15, -0.1) is 0 Å². The number of hydrogen-bond donors (Lipinski definition) is 2. The summed E-state index contributed by atoms with van der Waals surface area (Å²) >= 11 is 0. The minimum Gasteiger partial charge on any atom is -0.376 e. The molecule has 1 unspecified atom stereocenters. The molecule has 0 saturated carbocycles. The van der Waals surface area contributed by atoms with Gasteiger partial charge in [-0.25, -0.2) is 0 Å². The van der Waals surface area contributed by atoms with E-state index in [0.717, 1.165) is 0 Å². The lowest BCUT2D eigenvalue weighted by Crippen LogP contribution is -2.39. The summed E-state index contributed by atoms with van der Waals surface area (Å²) < 4.78 is 10.6. The first-order valence-electron chi connectivity index (χ1n) is 5.42. The number of aromatic nitrogens is 1. The summed E-state index contributed by atoms with van der Waals surface area (Å²) in [6.07, 6.45) is 1.33.